The average Bonchev–Trinajstić information content (AvgIpc) is 3.24. The van der Waals surface area contributed by atoms with Crippen LogP contribution in [0.4, 0.5) is 5.69 Å². The minimum atomic E-state index is -0.293. The van der Waals surface area contributed by atoms with Crippen LogP contribution in [0.5, 0.6) is 5.75 Å². The number of hydrogen-bond acceptors (Lipinski definition) is 6. The molecule has 0 aliphatic carbocycles. The third-order valence-corrected chi connectivity index (χ3v) is 3.88. The zero-order valence-corrected chi connectivity index (χ0v) is 14.8. The first-order chi connectivity index (χ1) is 13.8. The van der Waals surface area contributed by atoms with Crippen LogP contribution in [0.1, 0.15) is 0 Å². The lowest BCUT2D eigenvalue weighted by molar-refractivity contribution is -0.118. The van der Waals surface area contributed by atoms with Gasteiger partial charge in [-0.1, -0.05) is 47.6 Å². The van der Waals surface area contributed by atoms with E-state index in [1.54, 1.807) is 36.7 Å². The molecule has 138 valence electrons. The number of aromatic nitrogens is 3. The number of amides is 1. The van der Waals surface area contributed by atoms with E-state index in [2.05, 4.69) is 20.4 Å². The molecule has 28 heavy (non-hydrogen) atoms. The molecular weight excluding hydrogens is 356 g/mol. The fourth-order valence-corrected chi connectivity index (χ4v) is 2.58. The van der Waals surface area contributed by atoms with Crippen LogP contribution in [0.15, 0.2) is 83.6 Å². The van der Waals surface area contributed by atoms with E-state index in [9.17, 15) is 4.79 Å². The number of carbonyl (C=O) groups excluding carboxylic acids is 1. The van der Waals surface area contributed by atoms with Gasteiger partial charge in [-0.25, -0.2) is 0 Å². The summed E-state index contributed by atoms with van der Waals surface area (Å²) in [7, 11) is 0. The molecule has 4 rings (SSSR count). The smallest absolute Gasteiger partial charge is 0.262 e. The van der Waals surface area contributed by atoms with Crippen LogP contribution in [0.2, 0.25) is 0 Å². The predicted octanol–water partition coefficient (Wildman–Crippen LogP) is 3.82. The summed E-state index contributed by atoms with van der Waals surface area (Å²) in [6.07, 6.45) is 3.20. The van der Waals surface area contributed by atoms with Gasteiger partial charge in [0, 0.05) is 11.8 Å². The third kappa shape index (κ3) is 4.04. The Hall–Kier alpha value is -4.00. The van der Waals surface area contributed by atoms with Gasteiger partial charge in [-0.15, -0.1) is 0 Å². The fraction of sp³-hybridized carbons (Fsp3) is 0.0476. The van der Waals surface area contributed by atoms with Crippen molar-refractivity contribution in [1.29, 1.82) is 0 Å². The molecule has 4 aromatic rings. The molecule has 2 aromatic heterocycles. The van der Waals surface area contributed by atoms with Gasteiger partial charge in [0.05, 0.1) is 17.4 Å². The van der Waals surface area contributed by atoms with Crippen molar-refractivity contribution < 1.29 is 14.1 Å². The van der Waals surface area contributed by atoms with Crippen molar-refractivity contribution >= 4 is 11.6 Å². The van der Waals surface area contributed by atoms with Crippen molar-refractivity contribution in [1.82, 2.24) is 15.1 Å². The number of rotatable bonds is 6. The largest absolute Gasteiger partial charge is 0.483 e. The van der Waals surface area contributed by atoms with Gasteiger partial charge in [0.2, 0.25) is 5.82 Å². The van der Waals surface area contributed by atoms with E-state index in [1.165, 1.54) is 0 Å². The summed E-state index contributed by atoms with van der Waals surface area (Å²) >= 11 is 0. The molecule has 2 aromatic carbocycles. The highest BCUT2D eigenvalue weighted by molar-refractivity contribution is 5.91. The quantitative estimate of drug-likeness (QED) is 0.553. The Morgan fingerprint density at radius 1 is 1.00 bits per heavy atom. The summed E-state index contributed by atoms with van der Waals surface area (Å²) in [5.74, 6) is 0.993. The molecule has 7 nitrogen and oxygen atoms in total. The molecule has 0 fully saturated rings. The van der Waals surface area contributed by atoms with Crippen molar-refractivity contribution in [3.05, 3.63) is 79.1 Å². The zero-order valence-electron chi connectivity index (χ0n) is 14.8. The third-order valence-electron chi connectivity index (χ3n) is 3.88. The number of carbonyl (C=O) groups is 1. The van der Waals surface area contributed by atoms with Crippen molar-refractivity contribution in [3.8, 4) is 28.6 Å². The van der Waals surface area contributed by atoms with E-state index in [0.29, 0.717) is 28.7 Å². The van der Waals surface area contributed by atoms with Gasteiger partial charge in [0.25, 0.3) is 11.8 Å². The number of benzene rings is 2. The number of nitrogens with one attached hydrogen (secondary N) is 1. The summed E-state index contributed by atoms with van der Waals surface area (Å²) < 4.78 is 11.1. The van der Waals surface area contributed by atoms with Crippen LogP contribution < -0.4 is 10.1 Å². The highest BCUT2D eigenvalue weighted by Gasteiger charge is 2.15. The molecule has 1 N–H and O–H groups in total. The van der Waals surface area contributed by atoms with Crippen molar-refractivity contribution in [2.75, 3.05) is 11.9 Å². The fourth-order valence-electron chi connectivity index (χ4n) is 2.58. The van der Waals surface area contributed by atoms with Gasteiger partial charge in [0.1, 0.15) is 5.75 Å². The van der Waals surface area contributed by atoms with Gasteiger partial charge < -0.3 is 14.6 Å². The first-order valence-corrected chi connectivity index (χ1v) is 8.61. The number of anilines is 1. The highest BCUT2D eigenvalue weighted by atomic mass is 16.5. The van der Waals surface area contributed by atoms with Crippen LogP contribution >= 0.6 is 0 Å². The van der Waals surface area contributed by atoms with Crippen LogP contribution in [0.3, 0.4) is 0 Å². The molecule has 0 spiro atoms. The number of ether oxygens (including phenoxy) is 1. The molecular formula is C21H16N4O3. The Morgan fingerprint density at radius 3 is 2.64 bits per heavy atom. The number of hydrogen-bond donors (Lipinski definition) is 1. The van der Waals surface area contributed by atoms with Crippen LogP contribution in [0.25, 0.3) is 22.8 Å². The van der Waals surface area contributed by atoms with Gasteiger partial charge in [-0.05, 0) is 24.3 Å². The van der Waals surface area contributed by atoms with E-state index in [1.807, 2.05) is 42.5 Å². The molecule has 0 atom stereocenters. The van der Waals surface area contributed by atoms with E-state index >= 15 is 0 Å². The molecule has 0 radical (unpaired) electrons. The molecule has 1 amide bonds. The molecule has 0 unspecified atom stereocenters. The van der Waals surface area contributed by atoms with E-state index in [4.69, 9.17) is 9.26 Å². The Bertz CT molecular complexity index is 1070. The lowest BCUT2D eigenvalue weighted by atomic mass is 10.2. The normalized spacial score (nSPS) is 10.4. The van der Waals surface area contributed by atoms with Crippen LogP contribution in [-0.4, -0.2) is 27.6 Å². The lowest BCUT2D eigenvalue weighted by Gasteiger charge is -2.09. The van der Waals surface area contributed by atoms with Gasteiger partial charge in [-0.3, -0.25) is 9.78 Å². The number of pyridine rings is 1. The number of para-hydroxylation sites is 1. The van der Waals surface area contributed by atoms with Gasteiger partial charge in [-0.2, -0.15) is 4.98 Å². The molecule has 0 bridgehead atoms. The zero-order chi connectivity index (χ0) is 19.2. The standard InChI is InChI=1S/C21H16N4O3/c26-19(23-16-9-6-12-22-13-16)14-27-18-11-5-4-10-17(18)21-24-20(25-28-21)15-7-2-1-3-8-15/h1-13H,14H2,(H,23,26). The molecule has 0 saturated carbocycles. The Morgan fingerprint density at radius 2 is 1.82 bits per heavy atom. The Labute approximate surface area is 161 Å². The highest BCUT2D eigenvalue weighted by Crippen LogP contribution is 2.30. The maximum atomic E-state index is 12.1. The maximum absolute atomic E-state index is 12.1. The van der Waals surface area contributed by atoms with E-state index in [0.717, 1.165) is 5.56 Å². The molecule has 0 aliphatic heterocycles. The second kappa shape index (κ2) is 8.13. The SMILES string of the molecule is O=C(COc1ccccc1-c1nc(-c2ccccc2)no1)Nc1cccnc1. The van der Waals surface area contributed by atoms with Gasteiger partial charge >= 0.3 is 0 Å². The molecule has 7 heteroatoms. The summed E-state index contributed by atoms with van der Waals surface area (Å²) in [6.45, 7) is -0.161. The summed E-state index contributed by atoms with van der Waals surface area (Å²) in [5, 5.41) is 6.75. The van der Waals surface area contributed by atoms with E-state index < -0.39 is 0 Å². The second-order valence-electron chi connectivity index (χ2n) is 5.86. The van der Waals surface area contributed by atoms with Crippen molar-refractivity contribution in [2.24, 2.45) is 0 Å². The first kappa shape index (κ1) is 17.4. The average molecular weight is 372 g/mol. The summed E-state index contributed by atoms with van der Waals surface area (Å²) in [5.41, 5.74) is 2.08. The summed E-state index contributed by atoms with van der Waals surface area (Å²) in [6, 6.07) is 20.2. The first-order valence-electron chi connectivity index (χ1n) is 8.61. The maximum Gasteiger partial charge on any atom is 0.262 e. The molecule has 2 heterocycles. The number of nitrogens with zero attached hydrogens (tertiary/aromatic N) is 3. The van der Waals surface area contributed by atoms with Gasteiger partial charge in [0.15, 0.2) is 6.61 Å². The van der Waals surface area contributed by atoms with Crippen LogP contribution in [0, 0.1) is 0 Å². The lowest BCUT2D eigenvalue weighted by Crippen LogP contribution is -2.20. The molecule has 0 saturated heterocycles. The summed E-state index contributed by atoms with van der Waals surface area (Å²) in [4.78, 5) is 20.5. The Balaban J connectivity index is 1.48. The minimum Gasteiger partial charge on any atom is -0.483 e. The molecule has 0 aliphatic rings. The topological polar surface area (TPSA) is 90.1 Å². The monoisotopic (exact) mass is 372 g/mol. The second-order valence-corrected chi connectivity index (χ2v) is 5.86. The van der Waals surface area contributed by atoms with Crippen molar-refractivity contribution in [2.45, 2.75) is 0 Å². The van der Waals surface area contributed by atoms with E-state index in [-0.39, 0.29) is 12.5 Å². The van der Waals surface area contributed by atoms with Crippen LogP contribution in [-0.2, 0) is 4.79 Å². The minimum absolute atomic E-state index is 0.161. The Kier molecular flexibility index (Phi) is 5.06. The van der Waals surface area contributed by atoms with Crippen molar-refractivity contribution in [3.63, 3.8) is 0 Å². The predicted molar refractivity (Wildman–Crippen MR) is 104 cm³/mol.